The third-order valence-electron chi connectivity index (χ3n) is 2.89. The second-order valence-corrected chi connectivity index (χ2v) is 4.15. The predicted octanol–water partition coefficient (Wildman–Crippen LogP) is 2.61. The van der Waals surface area contributed by atoms with Gasteiger partial charge in [-0.25, -0.2) is 9.97 Å². The van der Waals surface area contributed by atoms with Crippen LogP contribution in [0.1, 0.15) is 0 Å². The van der Waals surface area contributed by atoms with Crippen LogP contribution in [0.5, 0.6) is 5.88 Å². The predicted molar refractivity (Wildman–Crippen MR) is 75.0 cm³/mol. The van der Waals surface area contributed by atoms with Crippen molar-refractivity contribution in [2.45, 2.75) is 0 Å². The average molecular weight is 264 g/mol. The van der Waals surface area contributed by atoms with E-state index in [1.165, 1.54) is 6.33 Å². The summed E-state index contributed by atoms with van der Waals surface area (Å²) in [7, 11) is 1.57. The van der Waals surface area contributed by atoms with Gasteiger partial charge in [-0.3, -0.25) is 0 Å². The van der Waals surface area contributed by atoms with E-state index in [0.29, 0.717) is 5.88 Å². The van der Waals surface area contributed by atoms with Crippen LogP contribution in [0.2, 0.25) is 0 Å². The summed E-state index contributed by atoms with van der Waals surface area (Å²) in [5.74, 6) is 0.458. The lowest BCUT2D eigenvalue weighted by Crippen LogP contribution is -1.97. The van der Waals surface area contributed by atoms with Crippen LogP contribution < -0.4 is 4.74 Å². The minimum Gasteiger partial charge on any atom is -0.479 e. The number of aromatic nitrogens is 4. The molecule has 0 atom stereocenters. The lowest BCUT2D eigenvalue weighted by Gasteiger charge is -2.08. The SMILES string of the molecule is COc1nnc(-c2ccccc2)cc1-c1cncnc1. The summed E-state index contributed by atoms with van der Waals surface area (Å²) in [6, 6.07) is 11.8. The molecule has 0 radical (unpaired) electrons. The molecule has 5 heteroatoms. The molecule has 0 saturated carbocycles. The molecule has 0 saturated heterocycles. The second kappa shape index (κ2) is 5.44. The van der Waals surface area contributed by atoms with Gasteiger partial charge in [-0.15, -0.1) is 10.2 Å². The first kappa shape index (κ1) is 12.2. The largest absolute Gasteiger partial charge is 0.479 e. The highest BCUT2D eigenvalue weighted by molar-refractivity contribution is 5.72. The summed E-state index contributed by atoms with van der Waals surface area (Å²) in [5, 5.41) is 8.31. The summed E-state index contributed by atoms with van der Waals surface area (Å²) >= 11 is 0. The van der Waals surface area contributed by atoms with Gasteiger partial charge in [0.15, 0.2) is 0 Å². The zero-order valence-corrected chi connectivity index (χ0v) is 10.9. The van der Waals surface area contributed by atoms with E-state index in [9.17, 15) is 0 Å². The van der Waals surface area contributed by atoms with Gasteiger partial charge in [-0.1, -0.05) is 30.3 Å². The molecule has 0 aliphatic carbocycles. The topological polar surface area (TPSA) is 60.8 Å². The van der Waals surface area contributed by atoms with E-state index in [1.807, 2.05) is 36.4 Å². The molecule has 3 aromatic rings. The summed E-state index contributed by atoms with van der Waals surface area (Å²) in [4.78, 5) is 8.05. The summed E-state index contributed by atoms with van der Waals surface area (Å²) in [6.45, 7) is 0. The Bertz CT molecular complexity index is 702. The van der Waals surface area contributed by atoms with Gasteiger partial charge < -0.3 is 4.74 Å². The molecule has 0 unspecified atom stereocenters. The number of rotatable bonds is 3. The van der Waals surface area contributed by atoms with Crippen molar-refractivity contribution < 1.29 is 4.74 Å². The standard InChI is InChI=1S/C15H12N4O/c1-20-15-13(12-8-16-10-17-9-12)7-14(18-19-15)11-5-3-2-4-6-11/h2-10H,1H3. The van der Waals surface area contributed by atoms with Crippen LogP contribution in [0.4, 0.5) is 0 Å². The first-order chi connectivity index (χ1) is 9.88. The summed E-state index contributed by atoms with van der Waals surface area (Å²) in [6.07, 6.45) is 4.94. The Morgan fingerprint density at radius 3 is 2.35 bits per heavy atom. The molecule has 0 fully saturated rings. The smallest absolute Gasteiger partial charge is 0.241 e. The fourth-order valence-corrected chi connectivity index (χ4v) is 1.93. The van der Waals surface area contributed by atoms with E-state index in [1.54, 1.807) is 19.5 Å². The molecule has 98 valence electrons. The molecule has 3 rings (SSSR count). The van der Waals surface area contributed by atoms with Crippen LogP contribution in [0.25, 0.3) is 22.4 Å². The Balaban J connectivity index is 2.13. The highest BCUT2D eigenvalue weighted by Gasteiger charge is 2.11. The molecule has 0 aliphatic rings. The van der Waals surface area contributed by atoms with Gasteiger partial charge in [0, 0.05) is 23.5 Å². The molecule has 1 aromatic carbocycles. The number of hydrogen-bond acceptors (Lipinski definition) is 5. The molecule has 0 N–H and O–H groups in total. The number of ether oxygens (including phenoxy) is 1. The number of methoxy groups -OCH3 is 1. The van der Waals surface area contributed by atoms with Gasteiger partial charge in [0.2, 0.25) is 5.88 Å². The molecule has 2 heterocycles. The molecule has 2 aromatic heterocycles. The van der Waals surface area contributed by atoms with Gasteiger partial charge in [-0.05, 0) is 6.07 Å². The van der Waals surface area contributed by atoms with Crippen molar-refractivity contribution in [1.82, 2.24) is 20.2 Å². The third-order valence-corrected chi connectivity index (χ3v) is 2.89. The van der Waals surface area contributed by atoms with Gasteiger partial charge >= 0.3 is 0 Å². The molecule has 0 aliphatic heterocycles. The zero-order valence-electron chi connectivity index (χ0n) is 10.9. The highest BCUT2D eigenvalue weighted by Crippen LogP contribution is 2.29. The Kier molecular flexibility index (Phi) is 3.33. The third kappa shape index (κ3) is 2.33. The summed E-state index contributed by atoms with van der Waals surface area (Å²) in [5.41, 5.74) is 3.45. The van der Waals surface area contributed by atoms with Crippen molar-refractivity contribution >= 4 is 0 Å². The maximum atomic E-state index is 5.26. The minimum atomic E-state index is 0.458. The molecule has 5 nitrogen and oxygen atoms in total. The average Bonchev–Trinajstić information content (AvgIpc) is 2.56. The molecule has 0 spiro atoms. The fourth-order valence-electron chi connectivity index (χ4n) is 1.93. The maximum Gasteiger partial charge on any atom is 0.241 e. The van der Waals surface area contributed by atoms with Gasteiger partial charge in [0.25, 0.3) is 0 Å². The lowest BCUT2D eigenvalue weighted by atomic mass is 10.1. The molecule has 20 heavy (non-hydrogen) atoms. The monoisotopic (exact) mass is 264 g/mol. The van der Waals surface area contributed by atoms with Crippen LogP contribution in [-0.2, 0) is 0 Å². The van der Waals surface area contributed by atoms with Crippen LogP contribution in [0.15, 0.2) is 55.1 Å². The van der Waals surface area contributed by atoms with Crippen molar-refractivity contribution in [2.24, 2.45) is 0 Å². The number of benzene rings is 1. The normalized spacial score (nSPS) is 10.2. The first-order valence-electron chi connectivity index (χ1n) is 6.11. The minimum absolute atomic E-state index is 0.458. The van der Waals surface area contributed by atoms with E-state index in [-0.39, 0.29) is 0 Å². The first-order valence-corrected chi connectivity index (χ1v) is 6.11. The van der Waals surface area contributed by atoms with Crippen LogP contribution in [-0.4, -0.2) is 27.3 Å². The van der Waals surface area contributed by atoms with Gasteiger partial charge in [0.05, 0.1) is 18.4 Å². The van der Waals surface area contributed by atoms with Crippen molar-refractivity contribution in [3.63, 3.8) is 0 Å². The molecule has 0 amide bonds. The van der Waals surface area contributed by atoms with E-state index < -0.39 is 0 Å². The molecular weight excluding hydrogens is 252 g/mol. The number of hydrogen-bond donors (Lipinski definition) is 0. The van der Waals surface area contributed by atoms with Gasteiger partial charge in [-0.2, -0.15) is 0 Å². The maximum absolute atomic E-state index is 5.26. The lowest BCUT2D eigenvalue weighted by molar-refractivity contribution is 0.394. The Morgan fingerprint density at radius 2 is 1.65 bits per heavy atom. The van der Waals surface area contributed by atoms with Gasteiger partial charge in [0.1, 0.15) is 6.33 Å². The summed E-state index contributed by atoms with van der Waals surface area (Å²) < 4.78 is 5.26. The fraction of sp³-hybridized carbons (Fsp3) is 0.0667. The number of nitrogens with zero attached hydrogens (tertiary/aromatic N) is 4. The van der Waals surface area contributed by atoms with E-state index in [4.69, 9.17) is 4.74 Å². The Hall–Kier alpha value is -2.82. The van der Waals surface area contributed by atoms with Crippen molar-refractivity contribution in [1.29, 1.82) is 0 Å². The van der Waals surface area contributed by atoms with E-state index >= 15 is 0 Å². The second-order valence-electron chi connectivity index (χ2n) is 4.15. The highest BCUT2D eigenvalue weighted by atomic mass is 16.5. The van der Waals surface area contributed by atoms with Crippen LogP contribution >= 0.6 is 0 Å². The van der Waals surface area contributed by atoms with E-state index in [2.05, 4.69) is 20.2 Å². The molecule has 0 bridgehead atoms. The van der Waals surface area contributed by atoms with Crippen molar-refractivity contribution in [3.8, 4) is 28.3 Å². The Morgan fingerprint density at radius 1 is 0.900 bits per heavy atom. The van der Waals surface area contributed by atoms with Crippen molar-refractivity contribution in [2.75, 3.05) is 7.11 Å². The Labute approximate surface area is 116 Å². The zero-order chi connectivity index (χ0) is 13.8. The van der Waals surface area contributed by atoms with E-state index in [0.717, 1.165) is 22.4 Å². The van der Waals surface area contributed by atoms with Crippen LogP contribution in [0.3, 0.4) is 0 Å². The molecular formula is C15H12N4O. The quantitative estimate of drug-likeness (QED) is 0.727. The van der Waals surface area contributed by atoms with Crippen molar-refractivity contribution in [3.05, 3.63) is 55.1 Å². The van der Waals surface area contributed by atoms with Crippen LogP contribution in [0, 0.1) is 0 Å².